The lowest BCUT2D eigenvalue weighted by Crippen LogP contribution is -2.31. The lowest BCUT2D eigenvalue weighted by atomic mass is 9.98. The largest absolute Gasteiger partial charge is 0.495 e. The van der Waals surface area contributed by atoms with Crippen LogP contribution in [0.2, 0.25) is 0 Å². The molecule has 1 atom stereocenters. The van der Waals surface area contributed by atoms with Gasteiger partial charge in [-0.05, 0) is 57.2 Å². The van der Waals surface area contributed by atoms with Gasteiger partial charge in [-0.2, -0.15) is 0 Å². The molecule has 33 heavy (non-hydrogen) atoms. The zero-order chi connectivity index (χ0) is 23.5. The first-order valence-electron chi connectivity index (χ1n) is 11.1. The number of hydrogen-bond acceptors (Lipinski definition) is 7. The maximum Gasteiger partial charge on any atom is 0.348 e. The van der Waals surface area contributed by atoms with Gasteiger partial charge in [0.2, 0.25) is 5.91 Å². The topological polar surface area (TPSA) is 99.5 Å². The van der Waals surface area contributed by atoms with Crippen molar-refractivity contribution in [3.05, 3.63) is 51.4 Å². The molecule has 8 nitrogen and oxygen atoms in total. The van der Waals surface area contributed by atoms with Gasteiger partial charge in [-0.3, -0.25) is 14.2 Å². The number of methoxy groups -OCH3 is 1. The lowest BCUT2D eigenvalue weighted by Gasteiger charge is -2.21. The van der Waals surface area contributed by atoms with Crippen LogP contribution in [0.15, 0.2) is 35.4 Å². The highest BCUT2D eigenvalue weighted by molar-refractivity contribution is 7.20. The number of esters is 1. The summed E-state index contributed by atoms with van der Waals surface area (Å²) in [6.45, 7) is 3.35. The molecular weight excluding hydrogens is 442 g/mol. The fourth-order valence-electron chi connectivity index (χ4n) is 4.11. The molecule has 1 saturated carbocycles. The number of rotatable bonds is 6. The van der Waals surface area contributed by atoms with Crippen LogP contribution in [0, 0.1) is 6.92 Å². The molecule has 1 unspecified atom stereocenters. The van der Waals surface area contributed by atoms with Crippen molar-refractivity contribution >= 4 is 39.1 Å². The van der Waals surface area contributed by atoms with E-state index in [-0.39, 0.29) is 17.6 Å². The number of hydrogen-bond donors (Lipinski definition) is 1. The van der Waals surface area contributed by atoms with Crippen molar-refractivity contribution < 1.29 is 19.1 Å². The number of aryl methyl sites for hydroxylation is 1. The van der Waals surface area contributed by atoms with Gasteiger partial charge in [-0.25, -0.2) is 9.78 Å². The van der Waals surface area contributed by atoms with Crippen LogP contribution >= 0.6 is 11.3 Å². The first-order valence-corrected chi connectivity index (χ1v) is 11.9. The summed E-state index contributed by atoms with van der Waals surface area (Å²) in [6, 6.07) is 6.22. The quantitative estimate of drug-likeness (QED) is 0.535. The van der Waals surface area contributed by atoms with Gasteiger partial charge in [-0.1, -0.05) is 18.6 Å². The third-order valence-electron chi connectivity index (χ3n) is 6.05. The Morgan fingerprint density at radius 2 is 1.94 bits per heavy atom. The monoisotopic (exact) mass is 469 g/mol. The number of ether oxygens (including phenoxy) is 2. The van der Waals surface area contributed by atoms with Crippen molar-refractivity contribution in [1.82, 2.24) is 9.55 Å². The number of anilines is 1. The predicted molar refractivity (Wildman–Crippen MR) is 127 cm³/mol. The van der Waals surface area contributed by atoms with Crippen molar-refractivity contribution in [2.75, 3.05) is 12.4 Å². The van der Waals surface area contributed by atoms with Gasteiger partial charge >= 0.3 is 5.97 Å². The SMILES string of the molecule is COc1ccccc1NC(=O)C(C)n1cnc2sc(C(=O)OC3CCCCC3)c(C)c2c1=O. The maximum absolute atomic E-state index is 13.3. The number of thiophene rings is 1. The highest BCUT2D eigenvalue weighted by atomic mass is 32.1. The first-order chi connectivity index (χ1) is 15.9. The molecule has 2 heterocycles. The van der Waals surface area contributed by atoms with Crippen LogP contribution in [0.25, 0.3) is 10.2 Å². The Hall–Kier alpha value is -3.20. The molecular formula is C24H27N3O5S. The molecule has 0 saturated heterocycles. The number of carbonyl (C=O) groups excluding carboxylic acids is 2. The highest BCUT2D eigenvalue weighted by Crippen LogP contribution is 2.30. The molecule has 0 bridgehead atoms. The Kier molecular flexibility index (Phi) is 6.78. The molecule has 1 N–H and O–H groups in total. The van der Waals surface area contributed by atoms with E-state index in [0.717, 1.165) is 37.0 Å². The van der Waals surface area contributed by atoms with Crippen molar-refractivity contribution in [2.45, 2.75) is 58.1 Å². The van der Waals surface area contributed by atoms with Gasteiger partial charge < -0.3 is 14.8 Å². The molecule has 9 heteroatoms. The molecule has 1 amide bonds. The van der Waals surface area contributed by atoms with E-state index in [2.05, 4.69) is 10.3 Å². The minimum absolute atomic E-state index is 0.0702. The number of nitrogens with zero attached hydrogens (tertiary/aromatic N) is 2. The zero-order valence-corrected chi connectivity index (χ0v) is 19.7. The number of nitrogens with one attached hydrogen (secondary N) is 1. The van der Waals surface area contributed by atoms with E-state index in [1.807, 2.05) is 0 Å². The molecule has 1 aromatic carbocycles. The van der Waals surface area contributed by atoms with E-state index in [1.165, 1.54) is 24.4 Å². The second kappa shape index (κ2) is 9.74. The molecule has 2 aromatic heterocycles. The Balaban J connectivity index is 1.59. The van der Waals surface area contributed by atoms with Crippen molar-refractivity contribution in [1.29, 1.82) is 0 Å². The minimum Gasteiger partial charge on any atom is -0.495 e. The molecule has 0 aliphatic heterocycles. The van der Waals surface area contributed by atoms with Crippen LogP contribution < -0.4 is 15.6 Å². The van der Waals surface area contributed by atoms with E-state index in [1.54, 1.807) is 38.1 Å². The summed E-state index contributed by atoms with van der Waals surface area (Å²) in [4.78, 5) is 44.1. The Labute approximate surface area is 195 Å². The van der Waals surface area contributed by atoms with Gasteiger partial charge in [0.25, 0.3) is 5.56 Å². The predicted octanol–water partition coefficient (Wildman–Crippen LogP) is 4.46. The summed E-state index contributed by atoms with van der Waals surface area (Å²) < 4.78 is 12.2. The van der Waals surface area contributed by atoms with Crippen molar-refractivity contribution in [2.24, 2.45) is 0 Å². The van der Waals surface area contributed by atoms with Gasteiger partial charge in [0.1, 0.15) is 27.6 Å². The Bertz CT molecular complexity index is 1240. The first kappa shape index (κ1) is 23.0. The van der Waals surface area contributed by atoms with Crippen LogP contribution in [0.1, 0.15) is 60.3 Å². The van der Waals surface area contributed by atoms with Crippen molar-refractivity contribution in [3.63, 3.8) is 0 Å². The van der Waals surface area contributed by atoms with Crippen LogP contribution in [-0.2, 0) is 9.53 Å². The van der Waals surface area contributed by atoms with Crippen molar-refractivity contribution in [3.8, 4) is 5.75 Å². The third kappa shape index (κ3) is 4.64. The molecule has 174 valence electrons. The summed E-state index contributed by atoms with van der Waals surface area (Å²) >= 11 is 1.16. The summed E-state index contributed by atoms with van der Waals surface area (Å²) in [5, 5.41) is 3.14. The fourth-order valence-corrected chi connectivity index (χ4v) is 5.13. The second-order valence-corrected chi connectivity index (χ2v) is 9.22. The highest BCUT2D eigenvalue weighted by Gasteiger charge is 2.26. The Morgan fingerprint density at radius 1 is 1.21 bits per heavy atom. The van der Waals surface area contributed by atoms with Gasteiger partial charge in [-0.15, -0.1) is 11.3 Å². The molecule has 0 radical (unpaired) electrons. The third-order valence-corrected chi connectivity index (χ3v) is 7.23. The summed E-state index contributed by atoms with van der Waals surface area (Å²) in [5.41, 5.74) is 0.687. The van der Waals surface area contributed by atoms with E-state index in [9.17, 15) is 14.4 Å². The maximum atomic E-state index is 13.3. The van der Waals surface area contributed by atoms with Crippen LogP contribution in [0.5, 0.6) is 5.75 Å². The number of benzene rings is 1. The summed E-state index contributed by atoms with van der Waals surface area (Å²) in [6.07, 6.45) is 6.32. The van der Waals surface area contributed by atoms with E-state index >= 15 is 0 Å². The van der Waals surface area contributed by atoms with Crippen LogP contribution in [0.3, 0.4) is 0 Å². The van der Waals surface area contributed by atoms with E-state index in [4.69, 9.17) is 9.47 Å². The number of amides is 1. The Morgan fingerprint density at radius 3 is 2.67 bits per heavy atom. The molecule has 0 spiro atoms. The van der Waals surface area contributed by atoms with E-state index < -0.39 is 12.0 Å². The average molecular weight is 470 g/mol. The zero-order valence-electron chi connectivity index (χ0n) is 18.9. The lowest BCUT2D eigenvalue weighted by molar-refractivity contribution is -0.118. The second-order valence-electron chi connectivity index (χ2n) is 8.22. The molecule has 1 aliphatic carbocycles. The summed E-state index contributed by atoms with van der Waals surface area (Å²) in [7, 11) is 1.52. The molecule has 1 fully saturated rings. The summed E-state index contributed by atoms with van der Waals surface area (Å²) in [5.74, 6) is -0.267. The molecule has 3 aromatic rings. The normalized spacial score (nSPS) is 15.2. The average Bonchev–Trinajstić information content (AvgIpc) is 3.17. The molecule has 4 rings (SSSR count). The van der Waals surface area contributed by atoms with Crippen LogP contribution in [0.4, 0.5) is 5.69 Å². The van der Waals surface area contributed by atoms with Gasteiger partial charge in [0.05, 0.1) is 24.5 Å². The fraction of sp³-hybridized carbons (Fsp3) is 0.417. The number of aromatic nitrogens is 2. The number of carbonyl (C=O) groups is 2. The van der Waals surface area contributed by atoms with Gasteiger partial charge in [0, 0.05) is 0 Å². The number of para-hydroxylation sites is 2. The minimum atomic E-state index is -0.823. The smallest absolute Gasteiger partial charge is 0.348 e. The number of fused-ring (bicyclic) bond motifs is 1. The van der Waals surface area contributed by atoms with Gasteiger partial charge in [0.15, 0.2) is 0 Å². The molecule has 1 aliphatic rings. The van der Waals surface area contributed by atoms with Crippen LogP contribution in [-0.4, -0.2) is 34.6 Å². The standard InChI is InChI=1S/C24H27N3O5S/c1-14-19-22(33-20(14)24(30)32-16-9-5-4-6-10-16)25-13-27(23(19)29)15(2)21(28)26-17-11-7-8-12-18(17)31-3/h7-8,11-13,15-16H,4-6,9-10H2,1-3H3,(H,26,28). The van der Waals surface area contributed by atoms with E-state index in [0.29, 0.717) is 32.1 Å².